The molecule has 2 N–H and O–H groups in total. The maximum absolute atomic E-state index is 11.1. The Labute approximate surface area is 101 Å². The molecule has 0 heterocycles. The van der Waals surface area contributed by atoms with Gasteiger partial charge in [0, 0.05) is 6.54 Å². The summed E-state index contributed by atoms with van der Waals surface area (Å²) in [6.07, 6.45) is 0.483. The second-order valence-electron chi connectivity index (χ2n) is 4.11. The van der Waals surface area contributed by atoms with Crippen molar-refractivity contribution in [2.24, 2.45) is 0 Å². The number of hydrogen-bond acceptors (Lipinski definition) is 3. The monoisotopic (exact) mass is 232 g/mol. The largest absolute Gasteiger partial charge is 0.480 e. The standard InChI is InChI=1S/C13H16N2O2/c1-3-13(2,12(16)17)15-9-11-7-5-4-6-10(11)8-14/h4-7,15H,3,9H2,1-2H3,(H,16,17). The smallest absolute Gasteiger partial charge is 0.323 e. The zero-order chi connectivity index (χ0) is 12.9. The molecule has 0 saturated carbocycles. The molecule has 4 heteroatoms. The Balaban J connectivity index is 2.80. The van der Waals surface area contributed by atoms with Gasteiger partial charge in [0.1, 0.15) is 5.54 Å². The van der Waals surface area contributed by atoms with Gasteiger partial charge in [-0.1, -0.05) is 25.1 Å². The zero-order valence-electron chi connectivity index (χ0n) is 10.0. The van der Waals surface area contributed by atoms with E-state index in [-0.39, 0.29) is 0 Å². The van der Waals surface area contributed by atoms with Gasteiger partial charge >= 0.3 is 5.97 Å². The van der Waals surface area contributed by atoms with Crippen LogP contribution in [0.15, 0.2) is 24.3 Å². The van der Waals surface area contributed by atoms with Gasteiger partial charge in [0.15, 0.2) is 0 Å². The second-order valence-corrected chi connectivity index (χ2v) is 4.11. The van der Waals surface area contributed by atoms with Crippen molar-refractivity contribution in [2.75, 3.05) is 0 Å². The first-order valence-electron chi connectivity index (χ1n) is 5.50. The zero-order valence-corrected chi connectivity index (χ0v) is 10.0. The van der Waals surface area contributed by atoms with Crippen molar-refractivity contribution < 1.29 is 9.90 Å². The topological polar surface area (TPSA) is 73.1 Å². The minimum atomic E-state index is -0.956. The molecule has 1 atom stereocenters. The predicted octanol–water partition coefficient (Wildman–Crippen LogP) is 1.90. The first-order valence-corrected chi connectivity index (χ1v) is 5.50. The number of carbonyl (C=O) groups is 1. The number of benzene rings is 1. The van der Waals surface area contributed by atoms with Crippen LogP contribution in [0.3, 0.4) is 0 Å². The lowest BCUT2D eigenvalue weighted by Crippen LogP contribution is -2.48. The van der Waals surface area contributed by atoms with E-state index in [1.54, 1.807) is 19.1 Å². The van der Waals surface area contributed by atoms with Crippen LogP contribution in [0.2, 0.25) is 0 Å². The van der Waals surface area contributed by atoms with E-state index in [1.165, 1.54) is 0 Å². The van der Waals surface area contributed by atoms with Crippen molar-refractivity contribution in [3.05, 3.63) is 35.4 Å². The molecule has 0 saturated heterocycles. The van der Waals surface area contributed by atoms with Crippen LogP contribution in [0, 0.1) is 11.3 Å². The summed E-state index contributed by atoms with van der Waals surface area (Å²) < 4.78 is 0. The van der Waals surface area contributed by atoms with E-state index in [0.29, 0.717) is 18.5 Å². The molecule has 1 aromatic rings. The molecule has 0 radical (unpaired) electrons. The van der Waals surface area contributed by atoms with Gasteiger partial charge in [0.25, 0.3) is 0 Å². The lowest BCUT2D eigenvalue weighted by Gasteiger charge is -2.24. The van der Waals surface area contributed by atoms with E-state index < -0.39 is 11.5 Å². The number of carboxylic acid groups (broad SMARTS) is 1. The van der Waals surface area contributed by atoms with E-state index in [4.69, 9.17) is 10.4 Å². The molecule has 4 nitrogen and oxygen atoms in total. The van der Waals surface area contributed by atoms with Crippen LogP contribution in [0.1, 0.15) is 31.4 Å². The molecule has 0 aromatic heterocycles. The highest BCUT2D eigenvalue weighted by Gasteiger charge is 2.30. The van der Waals surface area contributed by atoms with E-state index in [2.05, 4.69) is 11.4 Å². The number of carboxylic acids is 1. The third kappa shape index (κ3) is 3.05. The normalized spacial score (nSPS) is 13.7. The number of aliphatic carboxylic acids is 1. The van der Waals surface area contributed by atoms with Crippen LogP contribution in [-0.2, 0) is 11.3 Å². The van der Waals surface area contributed by atoms with Gasteiger partial charge < -0.3 is 5.11 Å². The highest BCUT2D eigenvalue weighted by molar-refractivity contribution is 5.78. The number of nitriles is 1. The fraction of sp³-hybridized carbons (Fsp3) is 0.385. The fourth-order valence-electron chi connectivity index (χ4n) is 1.43. The van der Waals surface area contributed by atoms with E-state index in [9.17, 15) is 4.79 Å². The Hall–Kier alpha value is -1.86. The summed E-state index contributed by atoms with van der Waals surface area (Å²) in [7, 11) is 0. The summed E-state index contributed by atoms with van der Waals surface area (Å²) in [5.74, 6) is -0.880. The van der Waals surface area contributed by atoms with Crippen molar-refractivity contribution in [1.29, 1.82) is 5.26 Å². The van der Waals surface area contributed by atoms with Crippen molar-refractivity contribution in [3.63, 3.8) is 0 Å². The number of hydrogen-bond donors (Lipinski definition) is 2. The van der Waals surface area contributed by atoms with Crippen molar-refractivity contribution in [1.82, 2.24) is 5.32 Å². The van der Waals surface area contributed by atoms with E-state index >= 15 is 0 Å². The molecule has 0 fully saturated rings. The highest BCUT2D eigenvalue weighted by atomic mass is 16.4. The molecule has 1 unspecified atom stereocenters. The molecular formula is C13H16N2O2. The molecule has 0 amide bonds. The van der Waals surface area contributed by atoms with Gasteiger partial charge in [0.05, 0.1) is 11.6 Å². The lowest BCUT2D eigenvalue weighted by molar-refractivity contribution is -0.144. The molecule has 0 bridgehead atoms. The fourth-order valence-corrected chi connectivity index (χ4v) is 1.43. The predicted molar refractivity (Wildman–Crippen MR) is 64.3 cm³/mol. The summed E-state index contributed by atoms with van der Waals surface area (Å²) in [6.45, 7) is 3.84. The summed E-state index contributed by atoms with van der Waals surface area (Å²) in [6, 6.07) is 9.26. The van der Waals surface area contributed by atoms with Gasteiger partial charge in [-0.05, 0) is 25.0 Å². The van der Waals surface area contributed by atoms with Crippen LogP contribution in [0.5, 0.6) is 0 Å². The van der Waals surface area contributed by atoms with Gasteiger partial charge in [-0.3, -0.25) is 10.1 Å². The molecule has 90 valence electrons. The second kappa shape index (κ2) is 5.46. The number of nitrogens with zero attached hydrogens (tertiary/aromatic N) is 1. The minimum Gasteiger partial charge on any atom is -0.480 e. The van der Waals surface area contributed by atoms with Crippen LogP contribution in [0.25, 0.3) is 0 Å². The SMILES string of the molecule is CCC(C)(NCc1ccccc1C#N)C(=O)O. The molecule has 17 heavy (non-hydrogen) atoms. The molecule has 1 aromatic carbocycles. The summed E-state index contributed by atoms with van der Waals surface area (Å²) >= 11 is 0. The lowest BCUT2D eigenvalue weighted by atomic mass is 9.98. The van der Waals surface area contributed by atoms with Crippen molar-refractivity contribution in [2.45, 2.75) is 32.4 Å². The van der Waals surface area contributed by atoms with Crippen LogP contribution < -0.4 is 5.32 Å². The quantitative estimate of drug-likeness (QED) is 0.813. The number of nitrogens with one attached hydrogen (secondary N) is 1. The molecule has 0 aliphatic rings. The molecular weight excluding hydrogens is 216 g/mol. The van der Waals surface area contributed by atoms with E-state index in [1.807, 2.05) is 19.1 Å². The maximum atomic E-state index is 11.1. The Morgan fingerprint density at radius 2 is 2.18 bits per heavy atom. The Morgan fingerprint density at radius 3 is 2.71 bits per heavy atom. The van der Waals surface area contributed by atoms with Crippen molar-refractivity contribution >= 4 is 5.97 Å². The Kier molecular flexibility index (Phi) is 4.24. The minimum absolute atomic E-state index is 0.375. The average molecular weight is 232 g/mol. The summed E-state index contributed by atoms with van der Waals surface area (Å²) in [5, 5.41) is 21.0. The Morgan fingerprint density at radius 1 is 1.53 bits per heavy atom. The molecule has 0 spiro atoms. The maximum Gasteiger partial charge on any atom is 0.323 e. The molecule has 0 aliphatic heterocycles. The summed E-state index contributed by atoms with van der Waals surface area (Å²) in [4.78, 5) is 11.1. The first-order chi connectivity index (χ1) is 8.03. The molecule has 1 rings (SSSR count). The average Bonchev–Trinajstić information content (AvgIpc) is 2.36. The van der Waals surface area contributed by atoms with Crippen LogP contribution in [0.4, 0.5) is 0 Å². The van der Waals surface area contributed by atoms with Gasteiger partial charge in [-0.2, -0.15) is 5.26 Å². The summed E-state index contributed by atoms with van der Waals surface area (Å²) in [5.41, 5.74) is 0.433. The Bertz CT molecular complexity index is 451. The third-order valence-corrected chi connectivity index (χ3v) is 2.99. The van der Waals surface area contributed by atoms with Crippen LogP contribution >= 0.6 is 0 Å². The third-order valence-electron chi connectivity index (χ3n) is 2.99. The number of rotatable bonds is 5. The van der Waals surface area contributed by atoms with Crippen LogP contribution in [-0.4, -0.2) is 16.6 Å². The van der Waals surface area contributed by atoms with Crippen molar-refractivity contribution in [3.8, 4) is 6.07 Å². The van der Waals surface area contributed by atoms with Gasteiger partial charge in [-0.15, -0.1) is 0 Å². The van der Waals surface area contributed by atoms with E-state index in [0.717, 1.165) is 5.56 Å². The first kappa shape index (κ1) is 13.2. The molecule has 0 aliphatic carbocycles. The van der Waals surface area contributed by atoms with Gasteiger partial charge in [0.2, 0.25) is 0 Å². The highest BCUT2D eigenvalue weighted by Crippen LogP contribution is 2.13. The van der Waals surface area contributed by atoms with Gasteiger partial charge in [-0.25, -0.2) is 0 Å².